The van der Waals surface area contributed by atoms with E-state index in [4.69, 9.17) is 0 Å². The first-order chi connectivity index (χ1) is 16.1. The molecule has 34 heavy (non-hydrogen) atoms. The Morgan fingerprint density at radius 1 is 1.26 bits per heavy atom. The van der Waals surface area contributed by atoms with E-state index in [0.29, 0.717) is 12.1 Å². The van der Waals surface area contributed by atoms with Gasteiger partial charge in [0.2, 0.25) is 0 Å². The van der Waals surface area contributed by atoms with Crippen molar-refractivity contribution in [3.63, 3.8) is 0 Å². The van der Waals surface area contributed by atoms with Crippen LogP contribution < -0.4 is 5.32 Å². The van der Waals surface area contributed by atoms with E-state index in [2.05, 4.69) is 15.4 Å². The van der Waals surface area contributed by atoms with Gasteiger partial charge in [0.05, 0.1) is 17.8 Å². The molecule has 2 unspecified atom stereocenters. The highest BCUT2D eigenvalue weighted by atomic mass is 19.4. The molecule has 1 fully saturated rings. The second-order valence-electron chi connectivity index (χ2n) is 8.92. The third kappa shape index (κ3) is 4.93. The molecule has 1 aliphatic heterocycles. The van der Waals surface area contributed by atoms with E-state index in [1.807, 2.05) is 45.3 Å². The number of amides is 1. The molecule has 3 heterocycles. The van der Waals surface area contributed by atoms with Gasteiger partial charge in [0.15, 0.2) is 0 Å². The highest BCUT2D eigenvalue weighted by Gasteiger charge is 2.36. The normalized spacial score (nSPS) is 18.7. The second-order valence-corrected chi connectivity index (χ2v) is 8.92. The first kappa shape index (κ1) is 23.8. The molecule has 0 bridgehead atoms. The van der Waals surface area contributed by atoms with Crippen LogP contribution in [0.25, 0.3) is 11.1 Å². The molecule has 0 aliphatic carbocycles. The van der Waals surface area contributed by atoms with Crippen LogP contribution in [0.3, 0.4) is 0 Å². The van der Waals surface area contributed by atoms with Gasteiger partial charge in [-0.1, -0.05) is 24.6 Å². The minimum absolute atomic E-state index is 0.120. The number of piperidine rings is 1. The van der Waals surface area contributed by atoms with Crippen molar-refractivity contribution < 1.29 is 18.0 Å². The van der Waals surface area contributed by atoms with Crippen LogP contribution in [0.15, 0.2) is 48.9 Å². The number of anilines is 1. The van der Waals surface area contributed by atoms with E-state index in [9.17, 15) is 18.0 Å². The molecule has 1 N–H and O–H groups in total. The fourth-order valence-corrected chi connectivity index (χ4v) is 4.59. The number of aromatic nitrogens is 3. The quantitative estimate of drug-likeness (QED) is 0.558. The Balaban J connectivity index is 1.63. The highest BCUT2D eigenvalue weighted by molar-refractivity contribution is 6.01. The minimum Gasteiger partial charge on any atom is -0.367 e. The van der Waals surface area contributed by atoms with Crippen molar-refractivity contribution in [2.75, 3.05) is 18.4 Å². The van der Waals surface area contributed by atoms with Crippen LogP contribution in [-0.2, 0) is 13.2 Å². The standard InChI is InChI=1S/C25H28F3N5O/c1-16-8-9-19(18-13-31-32(3)15-18)20(12-16)24(34)33-11-5-6-17(2)22(33)14-30-23-21(25(26,27)28)7-4-10-29-23/h4,7-10,12-13,15,17,22H,5-6,11,14H2,1-3H3,(H,29,30). The molecule has 2 atom stereocenters. The molecular formula is C25H28F3N5O. The van der Waals surface area contributed by atoms with Gasteiger partial charge < -0.3 is 10.2 Å². The first-order valence-electron chi connectivity index (χ1n) is 11.3. The Hall–Kier alpha value is -3.36. The number of likely N-dealkylation sites (tertiary alicyclic amines) is 1. The molecule has 4 rings (SSSR count). The molecule has 0 spiro atoms. The van der Waals surface area contributed by atoms with Gasteiger partial charge in [-0.05, 0) is 49.4 Å². The fourth-order valence-electron chi connectivity index (χ4n) is 4.59. The molecule has 1 aliphatic rings. The average molecular weight is 472 g/mol. The number of pyridine rings is 1. The summed E-state index contributed by atoms with van der Waals surface area (Å²) in [6, 6.07) is 7.75. The van der Waals surface area contributed by atoms with Gasteiger partial charge in [-0.25, -0.2) is 4.98 Å². The van der Waals surface area contributed by atoms with Crippen molar-refractivity contribution >= 4 is 11.7 Å². The second kappa shape index (κ2) is 9.48. The average Bonchev–Trinajstić information content (AvgIpc) is 3.23. The molecule has 1 saturated heterocycles. The molecule has 0 saturated carbocycles. The monoisotopic (exact) mass is 471 g/mol. The molecular weight excluding hydrogens is 443 g/mol. The number of halogens is 3. The Bertz CT molecular complexity index is 1170. The summed E-state index contributed by atoms with van der Waals surface area (Å²) >= 11 is 0. The van der Waals surface area contributed by atoms with E-state index < -0.39 is 11.7 Å². The number of alkyl halides is 3. The van der Waals surface area contributed by atoms with E-state index in [1.54, 1.807) is 15.8 Å². The lowest BCUT2D eigenvalue weighted by Crippen LogP contribution is -2.51. The van der Waals surface area contributed by atoms with Crippen LogP contribution in [0.4, 0.5) is 19.0 Å². The highest BCUT2D eigenvalue weighted by Crippen LogP contribution is 2.34. The van der Waals surface area contributed by atoms with Gasteiger partial charge in [-0.15, -0.1) is 0 Å². The third-order valence-corrected chi connectivity index (χ3v) is 6.39. The van der Waals surface area contributed by atoms with Crippen molar-refractivity contribution in [2.45, 2.75) is 38.9 Å². The number of aryl methyl sites for hydroxylation is 2. The van der Waals surface area contributed by atoms with Gasteiger partial charge in [0.25, 0.3) is 5.91 Å². The lowest BCUT2D eigenvalue weighted by atomic mass is 9.89. The summed E-state index contributed by atoms with van der Waals surface area (Å²) in [5.41, 5.74) is 2.35. The number of benzene rings is 1. The summed E-state index contributed by atoms with van der Waals surface area (Å²) < 4.78 is 41.9. The number of hydrogen-bond donors (Lipinski definition) is 1. The molecule has 180 valence electrons. The Labute approximate surface area is 196 Å². The number of rotatable bonds is 5. The molecule has 9 heteroatoms. The van der Waals surface area contributed by atoms with Crippen molar-refractivity contribution in [3.05, 3.63) is 65.6 Å². The predicted octanol–water partition coefficient (Wildman–Crippen LogP) is 5.16. The zero-order valence-corrected chi connectivity index (χ0v) is 19.4. The van der Waals surface area contributed by atoms with Crippen molar-refractivity contribution in [2.24, 2.45) is 13.0 Å². The van der Waals surface area contributed by atoms with Gasteiger partial charge in [0, 0.05) is 43.7 Å². The summed E-state index contributed by atoms with van der Waals surface area (Å²) in [4.78, 5) is 19.5. The van der Waals surface area contributed by atoms with Crippen LogP contribution >= 0.6 is 0 Å². The molecule has 6 nitrogen and oxygen atoms in total. The van der Waals surface area contributed by atoms with E-state index >= 15 is 0 Å². The Kier molecular flexibility index (Phi) is 6.63. The smallest absolute Gasteiger partial charge is 0.367 e. The first-order valence-corrected chi connectivity index (χ1v) is 11.3. The summed E-state index contributed by atoms with van der Waals surface area (Å²) in [5.74, 6) is -0.223. The Morgan fingerprint density at radius 2 is 2.06 bits per heavy atom. The zero-order valence-electron chi connectivity index (χ0n) is 19.4. The maximum Gasteiger partial charge on any atom is 0.419 e. The van der Waals surface area contributed by atoms with Gasteiger partial charge in [0.1, 0.15) is 5.82 Å². The third-order valence-electron chi connectivity index (χ3n) is 6.39. The van der Waals surface area contributed by atoms with Gasteiger partial charge in [-0.2, -0.15) is 18.3 Å². The largest absolute Gasteiger partial charge is 0.419 e. The van der Waals surface area contributed by atoms with Crippen molar-refractivity contribution in [1.29, 1.82) is 0 Å². The topological polar surface area (TPSA) is 63.1 Å². The summed E-state index contributed by atoms with van der Waals surface area (Å²) in [6.45, 7) is 4.69. The van der Waals surface area contributed by atoms with Crippen molar-refractivity contribution in [1.82, 2.24) is 19.7 Å². The van der Waals surface area contributed by atoms with Crippen LogP contribution in [0, 0.1) is 12.8 Å². The van der Waals surface area contributed by atoms with Crippen LogP contribution in [-0.4, -0.2) is 44.7 Å². The summed E-state index contributed by atoms with van der Waals surface area (Å²) in [5, 5.41) is 7.11. The van der Waals surface area contributed by atoms with E-state index in [1.165, 1.54) is 12.3 Å². The Morgan fingerprint density at radius 3 is 2.76 bits per heavy atom. The van der Waals surface area contributed by atoms with Gasteiger partial charge in [-0.3, -0.25) is 9.48 Å². The predicted molar refractivity (Wildman–Crippen MR) is 124 cm³/mol. The number of nitrogens with zero attached hydrogens (tertiary/aromatic N) is 4. The molecule has 2 aromatic heterocycles. The zero-order chi connectivity index (χ0) is 24.5. The number of carbonyl (C=O) groups is 1. The van der Waals surface area contributed by atoms with Crippen LogP contribution in [0.5, 0.6) is 0 Å². The molecule has 0 radical (unpaired) electrons. The summed E-state index contributed by atoms with van der Waals surface area (Å²) in [6.07, 6.45) is 2.14. The van der Waals surface area contributed by atoms with Crippen LogP contribution in [0.1, 0.15) is 41.3 Å². The maximum atomic E-state index is 13.8. The lowest BCUT2D eigenvalue weighted by Gasteiger charge is -2.40. The summed E-state index contributed by atoms with van der Waals surface area (Å²) in [7, 11) is 1.82. The number of hydrogen-bond acceptors (Lipinski definition) is 4. The van der Waals surface area contributed by atoms with Gasteiger partial charge >= 0.3 is 6.18 Å². The minimum atomic E-state index is -4.51. The number of nitrogens with one attached hydrogen (secondary N) is 1. The van der Waals surface area contributed by atoms with E-state index in [0.717, 1.165) is 35.6 Å². The molecule has 1 aromatic carbocycles. The maximum absolute atomic E-state index is 13.8. The molecule has 3 aromatic rings. The SMILES string of the molecule is Cc1ccc(-c2cnn(C)c2)c(C(=O)N2CCCC(C)C2CNc2ncccc2C(F)(F)F)c1. The van der Waals surface area contributed by atoms with Crippen LogP contribution in [0.2, 0.25) is 0 Å². The van der Waals surface area contributed by atoms with Crippen molar-refractivity contribution in [3.8, 4) is 11.1 Å². The lowest BCUT2D eigenvalue weighted by molar-refractivity contribution is -0.137. The molecule has 1 amide bonds. The van der Waals surface area contributed by atoms with E-state index in [-0.39, 0.29) is 30.2 Å². The fraction of sp³-hybridized carbons (Fsp3) is 0.400. The number of carbonyl (C=O) groups excluding carboxylic acids is 1.